The largest absolute Gasteiger partial charge is 0.468 e. The molecule has 0 aromatic heterocycles. The Morgan fingerprint density at radius 3 is 2.32 bits per heavy atom. The van der Waals surface area contributed by atoms with Gasteiger partial charge in [-0.15, -0.1) is 0 Å². The molecule has 2 aliphatic heterocycles. The van der Waals surface area contributed by atoms with Crippen molar-refractivity contribution in [2.24, 2.45) is 5.41 Å². The first-order chi connectivity index (χ1) is 11.8. The fourth-order valence-electron chi connectivity index (χ4n) is 3.35. The lowest BCUT2D eigenvalue weighted by Gasteiger charge is -2.29. The van der Waals surface area contributed by atoms with Gasteiger partial charge in [0.2, 0.25) is 12.2 Å². The lowest BCUT2D eigenvalue weighted by atomic mass is 9.71. The number of hydrogen-bond donors (Lipinski definition) is 0. The van der Waals surface area contributed by atoms with Crippen molar-refractivity contribution in [3.63, 3.8) is 0 Å². The van der Waals surface area contributed by atoms with Gasteiger partial charge < -0.3 is 23.7 Å². The van der Waals surface area contributed by atoms with Crippen LogP contribution >= 0.6 is 0 Å². The number of hydrogen-bond acceptors (Lipinski definition) is 7. The molecule has 7 nitrogen and oxygen atoms in total. The van der Waals surface area contributed by atoms with Crippen molar-refractivity contribution in [3.8, 4) is 11.5 Å². The third kappa shape index (κ3) is 2.30. The average Bonchev–Trinajstić information content (AvgIpc) is 3.15. The van der Waals surface area contributed by atoms with Crippen LogP contribution in [0.1, 0.15) is 25.5 Å². The fourth-order valence-corrected chi connectivity index (χ4v) is 3.35. The maximum Gasteiger partial charge on any atom is 0.330 e. The van der Waals surface area contributed by atoms with Crippen LogP contribution < -0.4 is 9.47 Å². The van der Waals surface area contributed by atoms with E-state index < -0.39 is 29.1 Å². The van der Waals surface area contributed by atoms with E-state index in [9.17, 15) is 9.59 Å². The van der Waals surface area contributed by atoms with Crippen molar-refractivity contribution in [3.05, 3.63) is 35.9 Å². The molecular formula is C18H20O7. The van der Waals surface area contributed by atoms with Crippen LogP contribution in [0.4, 0.5) is 0 Å². The molecule has 1 atom stereocenters. The van der Waals surface area contributed by atoms with E-state index in [-0.39, 0.29) is 12.4 Å². The summed E-state index contributed by atoms with van der Waals surface area (Å²) in [7, 11) is 2.42. The molecule has 0 amide bonds. The highest BCUT2D eigenvalue weighted by Crippen LogP contribution is 2.57. The topological polar surface area (TPSA) is 80.3 Å². The first kappa shape index (κ1) is 17.3. The minimum absolute atomic E-state index is 0.113. The van der Waals surface area contributed by atoms with Crippen LogP contribution in [0.2, 0.25) is 0 Å². The second-order valence-electron chi connectivity index (χ2n) is 6.39. The quantitative estimate of drug-likeness (QED) is 0.470. The fraction of sp³-hybridized carbons (Fsp3) is 0.444. The molecule has 1 unspecified atom stereocenters. The number of ether oxygens (including phenoxy) is 5. The van der Waals surface area contributed by atoms with Gasteiger partial charge >= 0.3 is 11.9 Å². The summed E-state index contributed by atoms with van der Waals surface area (Å²) in [6.45, 7) is 7.56. The molecule has 1 fully saturated rings. The third-order valence-corrected chi connectivity index (χ3v) is 4.72. The zero-order chi connectivity index (χ0) is 18.4. The Morgan fingerprint density at radius 1 is 1.12 bits per heavy atom. The van der Waals surface area contributed by atoms with Crippen LogP contribution in [-0.4, -0.2) is 38.6 Å². The highest BCUT2D eigenvalue weighted by atomic mass is 16.7. The molecule has 1 aromatic rings. The summed E-state index contributed by atoms with van der Waals surface area (Å²) in [4.78, 5) is 25.5. The van der Waals surface area contributed by atoms with Crippen molar-refractivity contribution in [1.29, 1.82) is 0 Å². The van der Waals surface area contributed by atoms with Crippen LogP contribution in [0.15, 0.2) is 30.4 Å². The second kappa shape index (κ2) is 5.77. The maximum absolute atomic E-state index is 12.7. The monoisotopic (exact) mass is 348 g/mol. The molecule has 1 saturated heterocycles. The molecule has 2 heterocycles. The van der Waals surface area contributed by atoms with Crippen LogP contribution in [0.5, 0.6) is 11.5 Å². The lowest BCUT2D eigenvalue weighted by molar-refractivity contribution is -0.172. The molecule has 0 saturated carbocycles. The van der Waals surface area contributed by atoms with E-state index in [1.807, 2.05) is 0 Å². The molecule has 0 aliphatic carbocycles. The van der Waals surface area contributed by atoms with E-state index in [0.29, 0.717) is 17.1 Å². The van der Waals surface area contributed by atoms with Gasteiger partial charge in [0, 0.05) is 0 Å². The minimum Gasteiger partial charge on any atom is -0.468 e. The third-order valence-electron chi connectivity index (χ3n) is 4.72. The second-order valence-corrected chi connectivity index (χ2v) is 6.39. The van der Waals surface area contributed by atoms with E-state index >= 15 is 0 Å². The summed E-state index contributed by atoms with van der Waals surface area (Å²) in [5.41, 5.74) is -1.91. The molecule has 0 bridgehead atoms. The Morgan fingerprint density at radius 2 is 1.72 bits per heavy atom. The van der Waals surface area contributed by atoms with Crippen LogP contribution in [0, 0.1) is 5.41 Å². The van der Waals surface area contributed by atoms with Crippen molar-refractivity contribution in [2.45, 2.75) is 25.6 Å². The Hall–Kier alpha value is -2.54. The van der Waals surface area contributed by atoms with E-state index in [1.54, 1.807) is 32.0 Å². The smallest absolute Gasteiger partial charge is 0.330 e. The first-order valence-electron chi connectivity index (χ1n) is 7.73. The van der Waals surface area contributed by atoms with Gasteiger partial charge in [-0.1, -0.05) is 12.6 Å². The average molecular weight is 348 g/mol. The summed E-state index contributed by atoms with van der Waals surface area (Å²) in [6, 6.07) is 5.10. The molecule has 134 valence electrons. The van der Waals surface area contributed by atoms with Crippen LogP contribution in [-0.2, 0) is 23.8 Å². The summed E-state index contributed by atoms with van der Waals surface area (Å²) in [6.07, 6.45) is -0.968. The number of methoxy groups -OCH3 is 2. The van der Waals surface area contributed by atoms with Gasteiger partial charge in [0.25, 0.3) is 0 Å². The van der Waals surface area contributed by atoms with Gasteiger partial charge in [-0.3, -0.25) is 9.59 Å². The van der Waals surface area contributed by atoms with Gasteiger partial charge in [0.15, 0.2) is 11.5 Å². The molecule has 0 N–H and O–H groups in total. The van der Waals surface area contributed by atoms with Gasteiger partial charge in [-0.2, -0.15) is 0 Å². The number of esters is 2. The summed E-state index contributed by atoms with van der Waals surface area (Å²) < 4.78 is 26.6. The van der Waals surface area contributed by atoms with Gasteiger partial charge in [0.05, 0.1) is 19.8 Å². The normalized spacial score (nSPS) is 22.6. The van der Waals surface area contributed by atoms with Crippen molar-refractivity contribution in [1.82, 2.24) is 0 Å². The zero-order valence-corrected chi connectivity index (χ0v) is 14.6. The SMILES string of the molecule is C=C1C(C)(C)OC(c2ccc3c(c2)OCO3)C1(C(=O)OC)C(=O)OC. The molecular weight excluding hydrogens is 328 g/mol. The predicted molar refractivity (Wildman–Crippen MR) is 86.1 cm³/mol. The summed E-state index contributed by atoms with van der Waals surface area (Å²) in [5, 5.41) is 0. The first-order valence-corrected chi connectivity index (χ1v) is 7.73. The van der Waals surface area contributed by atoms with Crippen molar-refractivity contribution < 1.29 is 33.3 Å². The molecule has 1 aromatic carbocycles. The molecule has 7 heteroatoms. The number of carbonyl (C=O) groups excluding carboxylic acids is 2. The van der Waals surface area contributed by atoms with Crippen molar-refractivity contribution in [2.75, 3.05) is 21.0 Å². The Bertz CT molecular complexity index is 734. The lowest BCUT2D eigenvalue weighted by Crippen LogP contribution is -2.45. The highest BCUT2D eigenvalue weighted by Gasteiger charge is 2.67. The molecule has 2 aliphatic rings. The van der Waals surface area contributed by atoms with Gasteiger partial charge in [-0.25, -0.2) is 0 Å². The summed E-state index contributed by atoms with van der Waals surface area (Å²) in [5.74, 6) is -0.461. The Balaban J connectivity index is 2.19. The minimum atomic E-state index is -1.80. The maximum atomic E-state index is 12.7. The molecule has 0 spiro atoms. The number of fused-ring (bicyclic) bond motifs is 1. The van der Waals surface area contributed by atoms with Crippen LogP contribution in [0.3, 0.4) is 0 Å². The number of benzene rings is 1. The number of rotatable bonds is 3. The van der Waals surface area contributed by atoms with Crippen molar-refractivity contribution >= 4 is 11.9 Å². The predicted octanol–water partition coefficient (Wildman–Crippen LogP) is 2.15. The zero-order valence-electron chi connectivity index (χ0n) is 14.6. The van der Waals surface area contributed by atoms with E-state index in [0.717, 1.165) is 0 Å². The van der Waals surface area contributed by atoms with E-state index in [1.165, 1.54) is 14.2 Å². The Labute approximate surface area is 145 Å². The van der Waals surface area contributed by atoms with E-state index in [4.69, 9.17) is 23.7 Å². The summed E-state index contributed by atoms with van der Waals surface area (Å²) >= 11 is 0. The van der Waals surface area contributed by atoms with Gasteiger partial charge in [0.1, 0.15) is 6.10 Å². The molecule has 25 heavy (non-hydrogen) atoms. The molecule has 3 rings (SSSR count). The van der Waals surface area contributed by atoms with Gasteiger partial charge in [-0.05, 0) is 37.1 Å². The number of carbonyl (C=O) groups is 2. The van der Waals surface area contributed by atoms with Crippen LogP contribution in [0.25, 0.3) is 0 Å². The molecule has 0 radical (unpaired) electrons. The Kier molecular flexibility index (Phi) is 3.99. The van der Waals surface area contributed by atoms with E-state index in [2.05, 4.69) is 6.58 Å². The highest BCUT2D eigenvalue weighted by molar-refractivity contribution is 6.05. The standard InChI is InChI=1S/C18H20O7/c1-10-17(2,3)25-14(18(10,15(19)21-4)16(20)22-5)11-6-7-12-13(8-11)24-9-23-12/h6-8,14H,1,9H2,2-5H3.